The molecule has 3 atom stereocenters. The monoisotopic (exact) mass is 242 g/mol. The van der Waals surface area contributed by atoms with Crippen LogP contribution >= 0.6 is 0 Å². The highest BCUT2D eigenvalue weighted by Crippen LogP contribution is 2.34. The molecular formula is C16H34O. The topological polar surface area (TPSA) is 20.2 Å². The Morgan fingerprint density at radius 2 is 1.71 bits per heavy atom. The number of hydrogen-bond acceptors (Lipinski definition) is 1. The van der Waals surface area contributed by atoms with Gasteiger partial charge in [-0.1, -0.05) is 60.3 Å². The minimum absolute atomic E-state index is 0.00435. The summed E-state index contributed by atoms with van der Waals surface area (Å²) in [6, 6.07) is 0. The van der Waals surface area contributed by atoms with Gasteiger partial charge in [-0.25, -0.2) is 0 Å². The van der Waals surface area contributed by atoms with Crippen LogP contribution in [-0.4, -0.2) is 11.2 Å². The van der Waals surface area contributed by atoms with Gasteiger partial charge in [0.25, 0.3) is 0 Å². The molecule has 0 spiro atoms. The van der Waals surface area contributed by atoms with Crippen molar-refractivity contribution in [3.63, 3.8) is 0 Å². The SMILES string of the molecule is CCC.CCC1CC(CCC(C)C)CCC1O. The largest absolute Gasteiger partial charge is 0.393 e. The maximum absolute atomic E-state index is 9.76. The third-order valence-electron chi connectivity index (χ3n) is 3.73. The Bertz CT molecular complexity index is 165. The lowest BCUT2D eigenvalue weighted by Crippen LogP contribution is -2.28. The van der Waals surface area contributed by atoms with Gasteiger partial charge in [0.1, 0.15) is 0 Å². The van der Waals surface area contributed by atoms with E-state index >= 15 is 0 Å². The summed E-state index contributed by atoms with van der Waals surface area (Å²) >= 11 is 0. The van der Waals surface area contributed by atoms with E-state index in [1.165, 1.54) is 32.1 Å². The highest BCUT2D eigenvalue weighted by Gasteiger charge is 2.27. The van der Waals surface area contributed by atoms with Gasteiger partial charge in [-0.2, -0.15) is 0 Å². The first-order valence-electron chi connectivity index (χ1n) is 7.73. The maximum atomic E-state index is 9.76. The Kier molecular flexibility index (Phi) is 9.91. The van der Waals surface area contributed by atoms with E-state index in [1.54, 1.807) is 0 Å². The van der Waals surface area contributed by atoms with Crippen LogP contribution in [-0.2, 0) is 0 Å². The Balaban J connectivity index is 0.000000770. The van der Waals surface area contributed by atoms with Crippen LogP contribution < -0.4 is 0 Å². The van der Waals surface area contributed by atoms with Crippen LogP contribution in [0.3, 0.4) is 0 Å². The molecule has 0 bridgehead atoms. The first kappa shape index (κ1) is 17.0. The molecule has 0 saturated heterocycles. The maximum Gasteiger partial charge on any atom is 0.0568 e. The summed E-state index contributed by atoms with van der Waals surface area (Å²) in [7, 11) is 0. The molecule has 0 aromatic carbocycles. The lowest BCUT2D eigenvalue weighted by molar-refractivity contribution is 0.0434. The van der Waals surface area contributed by atoms with E-state index < -0.39 is 0 Å². The van der Waals surface area contributed by atoms with E-state index in [4.69, 9.17) is 0 Å². The minimum Gasteiger partial charge on any atom is -0.393 e. The predicted molar refractivity (Wildman–Crippen MR) is 77.2 cm³/mol. The fourth-order valence-corrected chi connectivity index (χ4v) is 2.62. The quantitative estimate of drug-likeness (QED) is 0.733. The molecule has 1 aliphatic carbocycles. The second-order valence-electron chi connectivity index (χ2n) is 6.09. The highest BCUT2D eigenvalue weighted by molar-refractivity contribution is 4.79. The van der Waals surface area contributed by atoms with Crippen LogP contribution in [0.5, 0.6) is 0 Å². The van der Waals surface area contributed by atoms with Gasteiger partial charge in [-0.3, -0.25) is 0 Å². The van der Waals surface area contributed by atoms with Crippen molar-refractivity contribution in [2.45, 2.75) is 85.7 Å². The zero-order chi connectivity index (χ0) is 13.3. The van der Waals surface area contributed by atoms with Gasteiger partial charge in [0.05, 0.1) is 6.10 Å². The Morgan fingerprint density at radius 3 is 2.18 bits per heavy atom. The summed E-state index contributed by atoms with van der Waals surface area (Å²) in [5, 5.41) is 9.76. The van der Waals surface area contributed by atoms with Crippen molar-refractivity contribution >= 4 is 0 Å². The zero-order valence-corrected chi connectivity index (χ0v) is 12.7. The van der Waals surface area contributed by atoms with Crippen molar-refractivity contribution in [2.75, 3.05) is 0 Å². The van der Waals surface area contributed by atoms with Crippen LogP contribution in [0.2, 0.25) is 0 Å². The first-order chi connectivity index (χ1) is 8.04. The Morgan fingerprint density at radius 1 is 1.12 bits per heavy atom. The first-order valence-corrected chi connectivity index (χ1v) is 7.73. The molecule has 0 aromatic heterocycles. The highest BCUT2D eigenvalue weighted by atomic mass is 16.3. The third kappa shape index (κ3) is 7.81. The van der Waals surface area contributed by atoms with Gasteiger partial charge >= 0.3 is 0 Å². The van der Waals surface area contributed by atoms with Gasteiger partial charge in [-0.05, 0) is 37.0 Å². The van der Waals surface area contributed by atoms with Crippen LogP contribution in [0.1, 0.15) is 79.6 Å². The van der Waals surface area contributed by atoms with Crippen LogP contribution in [0.15, 0.2) is 0 Å². The van der Waals surface area contributed by atoms with Gasteiger partial charge in [0, 0.05) is 0 Å². The molecule has 1 N–H and O–H groups in total. The molecule has 0 aliphatic heterocycles. The molecule has 104 valence electrons. The minimum atomic E-state index is -0.00435. The Hall–Kier alpha value is -0.0400. The summed E-state index contributed by atoms with van der Waals surface area (Å²) < 4.78 is 0. The fraction of sp³-hybridized carbons (Fsp3) is 1.00. The summed E-state index contributed by atoms with van der Waals surface area (Å²) in [5.74, 6) is 2.31. The van der Waals surface area contributed by atoms with E-state index in [-0.39, 0.29) is 6.10 Å². The molecule has 0 radical (unpaired) electrons. The second-order valence-corrected chi connectivity index (χ2v) is 6.09. The second kappa shape index (κ2) is 9.94. The van der Waals surface area contributed by atoms with Gasteiger partial charge < -0.3 is 5.11 Å². The average molecular weight is 242 g/mol. The molecule has 1 saturated carbocycles. The molecule has 1 heteroatoms. The molecule has 0 amide bonds. The molecule has 1 aliphatic rings. The summed E-state index contributed by atoms with van der Waals surface area (Å²) in [6.45, 7) is 11.1. The van der Waals surface area contributed by atoms with Crippen LogP contribution in [0.25, 0.3) is 0 Å². The van der Waals surface area contributed by atoms with Crippen molar-refractivity contribution in [1.29, 1.82) is 0 Å². The molecule has 0 heterocycles. The van der Waals surface area contributed by atoms with Crippen molar-refractivity contribution in [3.05, 3.63) is 0 Å². The summed E-state index contributed by atoms with van der Waals surface area (Å²) in [4.78, 5) is 0. The molecule has 0 aromatic rings. The molecular weight excluding hydrogens is 208 g/mol. The van der Waals surface area contributed by atoms with Crippen molar-refractivity contribution in [2.24, 2.45) is 17.8 Å². The lowest BCUT2D eigenvalue weighted by Gasteiger charge is -2.33. The van der Waals surface area contributed by atoms with Crippen LogP contribution in [0.4, 0.5) is 0 Å². The Labute approximate surface area is 109 Å². The molecule has 1 nitrogen and oxygen atoms in total. The van der Waals surface area contributed by atoms with Gasteiger partial charge in [0.15, 0.2) is 0 Å². The van der Waals surface area contributed by atoms with E-state index in [2.05, 4.69) is 34.6 Å². The smallest absolute Gasteiger partial charge is 0.0568 e. The van der Waals surface area contributed by atoms with Crippen LogP contribution in [0, 0.1) is 17.8 Å². The van der Waals surface area contributed by atoms with Crippen molar-refractivity contribution < 1.29 is 5.11 Å². The fourth-order valence-electron chi connectivity index (χ4n) is 2.62. The van der Waals surface area contributed by atoms with Crippen molar-refractivity contribution in [3.8, 4) is 0 Å². The molecule has 3 unspecified atom stereocenters. The number of hydrogen-bond donors (Lipinski definition) is 1. The number of rotatable bonds is 4. The average Bonchev–Trinajstić information content (AvgIpc) is 2.29. The van der Waals surface area contributed by atoms with E-state index in [9.17, 15) is 5.11 Å². The lowest BCUT2D eigenvalue weighted by atomic mass is 9.76. The van der Waals surface area contributed by atoms with E-state index in [1.807, 2.05) is 0 Å². The summed E-state index contributed by atoms with van der Waals surface area (Å²) in [5.41, 5.74) is 0. The third-order valence-corrected chi connectivity index (χ3v) is 3.73. The van der Waals surface area contributed by atoms with E-state index in [0.717, 1.165) is 24.7 Å². The van der Waals surface area contributed by atoms with Gasteiger partial charge in [0.2, 0.25) is 0 Å². The summed E-state index contributed by atoms with van der Waals surface area (Å²) in [6.07, 6.45) is 8.70. The predicted octanol–water partition coefficient (Wildman–Crippen LogP) is 5.03. The van der Waals surface area contributed by atoms with Crippen molar-refractivity contribution in [1.82, 2.24) is 0 Å². The normalized spacial score (nSPS) is 28.8. The van der Waals surface area contributed by atoms with E-state index in [0.29, 0.717) is 5.92 Å². The standard InChI is InChI=1S/C13H26O.C3H8/c1-4-12-9-11(6-5-10(2)3)7-8-13(12)14;1-3-2/h10-14H,4-9H2,1-3H3;3H2,1-2H3. The molecule has 1 rings (SSSR count). The zero-order valence-electron chi connectivity index (χ0n) is 12.7. The number of aliphatic hydroxyl groups is 1. The number of aliphatic hydroxyl groups excluding tert-OH is 1. The molecule has 1 fully saturated rings. The van der Waals surface area contributed by atoms with Gasteiger partial charge in [-0.15, -0.1) is 0 Å². The molecule has 17 heavy (non-hydrogen) atoms.